The second-order valence-corrected chi connectivity index (χ2v) is 5.37. The van der Waals surface area contributed by atoms with Crippen molar-refractivity contribution in [2.24, 2.45) is 0 Å². The molecule has 0 fully saturated rings. The summed E-state index contributed by atoms with van der Waals surface area (Å²) in [6.07, 6.45) is 0.881. The second-order valence-electron chi connectivity index (χ2n) is 5.03. The normalized spacial score (nSPS) is 11.8. The molecule has 0 unspecified atom stereocenters. The molecule has 0 amide bonds. The van der Waals surface area contributed by atoms with E-state index in [0.29, 0.717) is 16.7 Å². The van der Waals surface area contributed by atoms with Crippen molar-refractivity contribution in [2.45, 2.75) is 33.0 Å². The molecule has 0 radical (unpaired) electrons. The van der Waals surface area contributed by atoms with E-state index in [9.17, 15) is 9.90 Å². The van der Waals surface area contributed by atoms with Crippen molar-refractivity contribution in [3.8, 4) is 0 Å². The topological polar surface area (TPSA) is 77.2 Å². The summed E-state index contributed by atoms with van der Waals surface area (Å²) in [5.41, 5.74) is 0.0520. The minimum absolute atomic E-state index is 0.0277. The Morgan fingerprint density at radius 1 is 1.53 bits per heavy atom. The van der Waals surface area contributed by atoms with E-state index >= 15 is 0 Å². The molecule has 2 rings (SSSR count). The van der Waals surface area contributed by atoms with Crippen LogP contribution in [-0.2, 0) is 11.3 Å². The molecule has 0 aliphatic carbocycles. The van der Waals surface area contributed by atoms with Crippen LogP contribution < -0.4 is 0 Å². The predicted octanol–water partition coefficient (Wildman–Crippen LogP) is 2.36. The summed E-state index contributed by atoms with van der Waals surface area (Å²) in [7, 11) is 0. The number of hydrogen-bond donors (Lipinski definition) is 1. The molecule has 0 bridgehead atoms. The van der Waals surface area contributed by atoms with E-state index in [2.05, 4.69) is 9.97 Å². The minimum atomic E-state index is -0.642. The number of hydrogen-bond acceptors (Lipinski definition) is 5. The van der Waals surface area contributed by atoms with Crippen LogP contribution >= 0.6 is 11.6 Å². The third kappa shape index (κ3) is 2.85. The van der Waals surface area contributed by atoms with Crippen LogP contribution in [0.2, 0.25) is 5.28 Å². The van der Waals surface area contributed by atoms with Gasteiger partial charge in [0, 0.05) is 11.6 Å². The molecule has 6 nitrogen and oxygen atoms in total. The first-order valence-electron chi connectivity index (χ1n) is 5.69. The number of aromatic nitrogens is 3. The average Bonchev–Trinajstić information content (AvgIpc) is 2.64. The molecular weight excluding hydrogens is 270 g/mol. The first-order chi connectivity index (χ1) is 8.81. The summed E-state index contributed by atoms with van der Waals surface area (Å²) in [5.74, 6) is 0. The molecule has 7 heteroatoms. The molecule has 19 heavy (non-hydrogen) atoms. The second kappa shape index (κ2) is 4.79. The Hall–Kier alpha value is -1.66. The van der Waals surface area contributed by atoms with E-state index in [4.69, 9.17) is 16.3 Å². The lowest BCUT2D eigenvalue weighted by Crippen LogP contribution is -2.28. The van der Waals surface area contributed by atoms with Crippen LogP contribution in [0.4, 0.5) is 4.79 Å². The van der Waals surface area contributed by atoms with Crippen molar-refractivity contribution < 1.29 is 14.6 Å². The Kier molecular flexibility index (Phi) is 3.47. The van der Waals surface area contributed by atoms with Crippen LogP contribution in [0.25, 0.3) is 11.0 Å². The van der Waals surface area contributed by atoms with Crippen LogP contribution in [0.5, 0.6) is 0 Å². The van der Waals surface area contributed by atoms with E-state index in [0.717, 1.165) is 0 Å². The van der Waals surface area contributed by atoms with Gasteiger partial charge < -0.3 is 9.84 Å². The number of halogens is 1. The number of aliphatic hydroxyl groups excluding tert-OH is 1. The van der Waals surface area contributed by atoms with Gasteiger partial charge in [-0.3, -0.25) is 0 Å². The van der Waals surface area contributed by atoms with E-state index < -0.39 is 11.7 Å². The molecule has 0 saturated heterocycles. The van der Waals surface area contributed by atoms with E-state index in [1.54, 1.807) is 26.8 Å². The highest BCUT2D eigenvalue weighted by Gasteiger charge is 2.22. The lowest BCUT2D eigenvalue weighted by molar-refractivity contribution is 0.0532. The largest absolute Gasteiger partial charge is 0.443 e. The molecule has 0 aliphatic heterocycles. The van der Waals surface area contributed by atoms with Crippen molar-refractivity contribution >= 4 is 28.7 Å². The Labute approximate surface area is 115 Å². The average molecular weight is 284 g/mol. The zero-order valence-electron chi connectivity index (χ0n) is 10.8. The Morgan fingerprint density at radius 3 is 2.79 bits per heavy atom. The van der Waals surface area contributed by atoms with Gasteiger partial charge in [-0.05, 0) is 38.4 Å². The first-order valence-corrected chi connectivity index (χ1v) is 6.06. The molecule has 2 aromatic heterocycles. The van der Waals surface area contributed by atoms with Gasteiger partial charge in [-0.25, -0.2) is 14.3 Å². The predicted molar refractivity (Wildman–Crippen MR) is 70.1 cm³/mol. The number of fused-ring (bicyclic) bond motifs is 1. The van der Waals surface area contributed by atoms with Gasteiger partial charge in [0.1, 0.15) is 5.60 Å². The number of aliphatic hydroxyl groups is 1. The monoisotopic (exact) mass is 283 g/mol. The van der Waals surface area contributed by atoms with E-state index in [1.807, 2.05) is 0 Å². The molecule has 102 valence electrons. The van der Waals surface area contributed by atoms with E-state index in [1.165, 1.54) is 10.8 Å². The van der Waals surface area contributed by atoms with Crippen LogP contribution in [0, 0.1) is 0 Å². The van der Waals surface area contributed by atoms with Crippen LogP contribution in [-0.4, -0.2) is 31.3 Å². The molecular formula is C12H14ClN3O3. The highest BCUT2D eigenvalue weighted by atomic mass is 35.5. The molecule has 0 atom stereocenters. The smallest absolute Gasteiger partial charge is 0.420 e. The maximum Gasteiger partial charge on any atom is 0.420 e. The Morgan fingerprint density at radius 2 is 2.21 bits per heavy atom. The van der Waals surface area contributed by atoms with Crippen LogP contribution in [0.15, 0.2) is 12.3 Å². The fourth-order valence-corrected chi connectivity index (χ4v) is 1.78. The maximum atomic E-state index is 12.2. The Bertz CT molecular complexity index is 631. The number of carbonyl (C=O) groups is 1. The molecule has 0 aliphatic rings. The van der Waals surface area contributed by atoms with E-state index in [-0.39, 0.29) is 11.9 Å². The molecule has 0 saturated carbocycles. The molecule has 1 N–H and O–H groups in total. The lowest BCUT2D eigenvalue weighted by Gasteiger charge is -2.20. The lowest BCUT2D eigenvalue weighted by atomic mass is 10.2. The van der Waals surface area contributed by atoms with Crippen molar-refractivity contribution in [1.29, 1.82) is 0 Å². The number of nitrogens with zero attached hydrogens (tertiary/aromatic N) is 3. The number of ether oxygens (including phenoxy) is 1. The van der Waals surface area contributed by atoms with Crippen molar-refractivity contribution in [1.82, 2.24) is 14.5 Å². The van der Waals surface area contributed by atoms with Gasteiger partial charge in [0.2, 0.25) is 5.28 Å². The first kappa shape index (κ1) is 13.8. The van der Waals surface area contributed by atoms with Crippen LogP contribution in [0.3, 0.4) is 0 Å². The van der Waals surface area contributed by atoms with Gasteiger partial charge in [-0.2, -0.15) is 4.98 Å². The fraction of sp³-hybridized carbons (Fsp3) is 0.417. The molecule has 2 heterocycles. The summed E-state index contributed by atoms with van der Waals surface area (Å²) >= 11 is 5.73. The molecule has 0 spiro atoms. The SMILES string of the molecule is CC(C)(C)OC(=O)n1c(CO)cc2cnc(Cl)nc21. The third-order valence-electron chi connectivity index (χ3n) is 2.33. The molecule has 2 aromatic rings. The third-order valence-corrected chi connectivity index (χ3v) is 2.51. The molecule has 0 aromatic carbocycles. The summed E-state index contributed by atoms with van der Waals surface area (Å²) < 4.78 is 6.48. The summed E-state index contributed by atoms with van der Waals surface area (Å²) in [5, 5.41) is 9.96. The summed E-state index contributed by atoms with van der Waals surface area (Å²) in [6.45, 7) is 4.97. The van der Waals surface area contributed by atoms with Gasteiger partial charge in [0.05, 0.1) is 12.3 Å². The van der Waals surface area contributed by atoms with Gasteiger partial charge in [-0.1, -0.05) is 0 Å². The van der Waals surface area contributed by atoms with Crippen molar-refractivity contribution in [2.75, 3.05) is 0 Å². The standard InChI is InChI=1S/C12H14ClN3O3/c1-12(2,3)19-11(18)16-8(6-17)4-7-5-14-10(13)15-9(7)16/h4-5,17H,6H2,1-3H3. The van der Waals surface area contributed by atoms with Gasteiger partial charge in [0.25, 0.3) is 0 Å². The van der Waals surface area contributed by atoms with Gasteiger partial charge in [0.15, 0.2) is 5.65 Å². The number of rotatable bonds is 1. The van der Waals surface area contributed by atoms with Crippen molar-refractivity contribution in [3.05, 3.63) is 23.2 Å². The zero-order chi connectivity index (χ0) is 14.2. The highest BCUT2D eigenvalue weighted by Crippen LogP contribution is 2.21. The zero-order valence-corrected chi connectivity index (χ0v) is 11.6. The Balaban J connectivity index is 2.56. The van der Waals surface area contributed by atoms with Gasteiger partial charge in [-0.15, -0.1) is 0 Å². The number of carbonyl (C=O) groups excluding carboxylic acids is 1. The highest BCUT2D eigenvalue weighted by molar-refractivity contribution is 6.28. The minimum Gasteiger partial charge on any atom is -0.443 e. The summed E-state index contributed by atoms with van der Waals surface area (Å²) in [4.78, 5) is 20.0. The summed E-state index contributed by atoms with van der Waals surface area (Å²) in [6, 6.07) is 1.62. The quantitative estimate of drug-likeness (QED) is 0.813. The van der Waals surface area contributed by atoms with Gasteiger partial charge >= 0.3 is 6.09 Å². The fourth-order valence-electron chi connectivity index (χ4n) is 1.65. The van der Waals surface area contributed by atoms with Crippen LogP contribution in [0.1, 0.15) is 26.5 Å². The van der Waals surface area contributed by atoms with Crippen molar-refractivity contribution in [3.63, 3.8) is 0 Å². The maximum absolute atomic E-state index is 12.2.